The maximum atomic E-state index is 12.1. The molecule has 0 spiro atoms. The molecule has 3 heterocycles. The molecule has 1 amide bonds. The molecule has 29 heavy (non-hydrogen) atoms. The molecule has 150 valence electrons. The lowest BCUT2D eigenvalue weighted by molar-refractivity contribution is -0.123. The van der Waals surface area contributed by atoms with Gasteiger partial charge in [-0.2, -0.15) is 0 Å². The van der Waals surface area contributed by atoms with Crippen molar-refractivity contribution in [2.75, 3.05) is 26.2 Å². The molecule has 1 aromatic carbocycles. The molecular weight excluding hydrogens is 368 g/mol. The normalized spacial score (nSPS) is 14.9. The number of amides is 1. The second-order valence-corrected chi connectivity index (χ2v) is 7.21. The van der Waals surface area contributed by atoms with E-state index < -0.39 is 6.10 Å². The molecule has 0 radical (unpaired) electrons. The number of para-hydroxylation sites is 1. The van der Waals surface area contributed by atoms with E-state index in [1.165, 1.54) is 11.1 Å². The first-order chi connectivity index (χ1) is 14.2. The van der Waals surface area contributed by atoms with E-state index in [1.54, 1.807) is 12.3 Å². The summed E-state index contributed by atoms with van der Waals surface area (Å²) in [5.41, 5.74) is 3.24. The number of hydrogen-bond acceptors (Lipinski definition) is 6. The highest BCUT2D eigenvalue weighted by Crippen LogP contribution is 2.22. The van der Waals surface area contributed by atoms with Crippen molar-refractivity contribution in [2.45, 2.75) is 19.1 Å². The van der Waals surface area contributed by atoms with Crippen LogP contribution >= 0.6 is 0 Å². The van der Waals surface area contributed by atoms with Crippen molar-refractivity contribution in [3.8, 4) is 5.75 Å². The van der Waals surface area contributed by atoms with Crippen LogP contribution in [0.15, 0.2) is 55.0 Å². The third-order valence-corrected chi connectivity index (χ3v) is 5.05. The van der Waals surface area contributed by atoms with Gasteiger partial charge in [0.1, 0.15) is 11.3 Å². The SMILES string of the molecule is O=C(COc1cccc2cccnc12)NCC(O)CN1CCc2ccncc2C1. The van der Waals surface area contributed by atoms with Gasteiger partial charge in [0.15, 0.2) is 6.61 Å². The number of aliphatic hydroxyl groups excluding tert-OH is 1. The Balaban J connectivity index is 1.22. The first-order valence-corrected chi connectivity index (χ1v) is 9.74. The van der Waals surface area contributed by atoms with Crippen LogP contribution in [0, 0.1) is 0 Å². The van der Waals surface area contributed by atoms with Gasteiger partial charge >= 0.3 is 0 Å². The van der Waals surface area contributed by atoms with E-state index in [1.807, 2.05) is 36.7 Å². The standard InChI is InChI=1S/C22H24N4O3/c27-19(14-26-10-7-16-6-9-23-11-18(16)13-26)12-25-21(28)15-29-20-5-1-3-17-4-2-8-24-22(17)20/h1-6,8-9,11,19,27H,7,10,12-15H2,(H,25,28). The van der Waals surface area contributed by atoms with Crippen molar-refractivity contribution in [3.05, 3.63) is 66.1 Å². The number of nitrogens with one attached hydrogen (secondary N) is 1. The molecule has 0 saturated heterocycles. The van der Waals surface area contributed by atoms with Crippen molar-refractivity contribution in [3.63, 3.8) is 0 Å². The second-order valence-electron chi connectivity index (χ2n) is 7.21. The van der Waals surface area contributed by atoms with E-state index in [2.05, 4.69) is 26.3 Å². The molecule has 2 aromatic heterocycles. The van der Waals surface area contributed by atoms with E-state index in [-0.39, 0.29) is 19.1 Å². The number of ether oxygens (including phenoxy) is 1. The number of pyridine rings is 2. The molecule has 3 aromatic rings. The molecule has 4 rings (SSSR count). The summed E-state index contributed by atoms with van der Waals surface area (Å²) in [6, 6.07) is 11.5. The zero-order valence-corrected chi connectivity index (χ0v) is 16.1. The highest BCUT2D eigenvalue weighted by Gasteiger charge is 2.19. The molecular formula is C22H24N4O3. The van der Waals surface area contributed by atoms with E-state index in [9.17, 15) is 9.90 Å². The topological polar surface area (TPSA) is 87.6 Å². The predicted molar refractivity (Wildman–Crippen MR) is 109 cm³/mol. The van der Waals surface area contributed by atoms with Gasteiger partial charge in [-0.15, -0.1) is 0 Å². The van der Waals surface area contributed by atoms with E-state index in [4.69, 9.17) is 4.74 Å². The van der Waals surface area contributed by atoms with Crippen molar-refractivity contribution in [2.24, 2.45) is 0 Å². The molecule has 0 aliphatic carbocycles. The van der Waals surface area contributed by atoms with E-state index >= 15 is 0 Å². The monoisotopic (exact) mass is 392 g/mol. The van der Waals surface area contributed by atoms with Crippen molar-refractivity contribution >= 4 is 16.8 Å². The summed E-state index contributed by atoms with van der Waals surface area (Å²) in [5.74, 6) is 0.296. The third-order valence-electron chi connectivity index (χ3n) is 5.05. The van der Waals surface area contributed by atoms with Gasteiger partial charge in [-0.05, 0) is 35.7 Å². The van der Waals surface area contributed by atoms with Crippen molar-refractivity contribution in [1.29, 1.82) is 0 Å². The van der Waals surface area contributed by atoms with Crippen LogP contribution in [-0.4, -0.2) is 58.2 Å². The lowest BCUT2D eigenvalue weighted by atomic mass is 10.0. The Bertz CT molecular complexity index is 989. The molecule has 0 bridgehead atoms. The Hall–Kier alpha value is -3.03. The number of hydrogen-bond donors (Lipinski definition) is 2. The fraction of sp³-hybridized carbons (Fsp3) is 0.318. The third kappa shape index (κ3) is 4.88. The number of β-amino-alcohol motifs (C(OH)–C–C–N with tert-alkyl or cyclic N) is 1. The molecule has 1 aliphatic rings. The molecule has 0 saturated carbocycles. The smallest absolute Gasteiger partial charge is 0.258 e. The zero-order chi connectivity index (χ0) is 20.1. The van der Waals surface area contributed by atoms with Crippen LogP contribution in [-0.2, 0) is 17.8 Å². The summed E-state index contributed by atoms with van der Waals surface area (Å²) in [5, 5.41) is 14.0. The van der Waals surface area contributed by atoms with Gasteiger partial charge in [0, 0.05) is 50.2 Å². The number of benzene rings is 1. The number of nitrogens with zero attached hydrogens (tertiary/aromatic N) is 3. The van der Waals surface area contributed by atoms with Gasteiger partial charge in [0.05, 0.1) is 6.10 Å². The number of aliphatic hydroxyl groups is 1. The van der Waals surface area contributed by atoms with Crippen LogP contribution in [0.2, 0.25) is 0 Å². The van der Waals surface area contributed by atoms with Crippen LogP contribution in [0.3, 0.4) is 0 Å². The number of fused-ring (bicyclic) bond motifs is 2. The van der Waals surface area contributed by atoms with Crippen LogP contribution in [0.4, 0.5) is 0 Å². The van der Waals surface area contributed by atoms with Gasteiger partial charge < -0.3 is 15.2 Å². The summed E-state index contributed by atoms with van der Waals surface area (Å²) >= 11 is 0. The van der Waals surface area contributed by atoms with E-state index in [0.717, 1.165) is 30.4 Å². The van der Waals surface area contributed by atoms with Gasteiger partial charge in [0.2, 0.25) is 0 Å². The number of carbonyl (C=O) groups excluding carboxylic acids is 1. The molecule has 7 heteroatoms. The lowest BCUT2D eigenvalue weighted by Gasteiger charge is -2.30. The maximum Gasteiger partial charge on any atom is 0.258 e. The Labute approximate surface area is 169 Å². The summed E-state index contributed by atoms with van der Waals surface area (Å²) in [7, 11) is 0. The molecule has 1 unspecified atom stereocenters. The molecule has 2 N–H and O–H groups in total. The first-order valence-electron chi connectivity index (χ1n) is 9.74. The minimum atomic E-state index is -0.642. The summed E-state index contributed by atoms with van der Waals surface area (Å²) < 4.78 is 5.63. The second kappa shape index (κ2) is 8.98. The molecule has 7 nitrogen and oxygen atoms in total. The largest absolute Gasteiger partial charge is 0.481 e. The average Bonchev–Trinajstić information content (AvgIpc) is 2.76. The summed E-state index contributed by atoms with van der Waals surface area (Å²) in [6.07, 6.45) is 5.70. The predicted octanol–water partition coefficient (Wildman–Crippen LogP) is 1.54. The lowest BCUT2D eigenvalue weighted by Crippen LogP contribution is -2.42. The van der Waals surface area contributed by atoms with Gasteiger partial charge in [-0.3, -0.25) is 19.7 Å². The molecule has 1 aliphatic heterocycles. The highest BCUT2D eigenvalue weighted by molar-refractivity contribution is 5.85. The quantitative estimate of drug-likeness (QED) is 0.634. The number of rotatable bonds is 7. The number of carbonyl (C=O) groups is 1. The zero-order valence-electron chi connectivity index (χ0n) is 16.1. The van der Waals surface area contributed by atoms with Crippen LogP contribution < -0.4 is 10.1 Å². The Morgan fingerprint density at radius 3 is 3.03 bits per heavy atom. The fourth-order valence-corrected chi connectivity index (χ4v) is 3.58. The summed E-state index contributed by atoms with van der Waals surface area (Å²) in [4.78, 5) is 22.8. The number of aromatic nitrogens is 2. The first kappa shape index (κ1) is 19.3. The Kier molecular flexibility index (Phi) is 5.97. The minimum Gasteiger partial charge on any atom is -0.481 e. The maximum absolute atomic E-state index is 12.1. The molecule has 0 fully saturated rings. The highest BCUT2D eigenvalue weighted by atomic mass is 16.5. The van der Waals surface area contributed by atoms with Crippen LogP contribution in [0.25, 0.3) is 10.9 Å². The average molecular weight is 392 g/mol. The van der Waals surface area contributed by atoms with Gasteiger partial charge in [-0.1, -0.05) is 18.2 Å². The van der Waals surface area contributed by atoms with Crippen LogP contribution in [0.1, 0.15) is 11.1 Å². The Morgan fingerprint density at radius 2 is 2.10 bits per heavy atom. The van der Waals surface area contributed by atoms with Crippen molar-refractivity contribution in [1.82, 2.24) is 20.2 Å². The summed E-state index contributed by atoms with van der Waals surface area (Å²) in [6.45, 7) is 2.23. The van der Waals surface area contributed by atoms with E-state index in [0.29, 0.717) is 12.3 Å². The molecule has 1 atom stereocenters. The van der Waals surface area contributed by atoms with Gasteiger partial charge in [-0.25, -0.2) is 0 Å². The van der Waals surface area contributed by atoms with Crippen LogP contribution in [0.5, 0.6) is 5.75 Å². The van der Waals surface area contributed by atoms with Gasteiger partial charge in [0.25, 0.3) is 5.91 Å². The Morgan fingerprint density at radius 1 is 1.21 bits per heavy atom. The van der Waals surface area contributed by atoms with Crippen molar-refractivity contribution < 1.29 is 14.6 Å². The fourth-order valence-electron chi connectivity index (χ4n) is 3.58. The minimum absolute atomic E-state index is 0.120.